The Morgan fingerprint density at radius 1 is 1.56 bits per heavy atom. The standard InChI is InChI=1S/C13H14F2O3/c1-2-18-12(17)13(6-8(13)7-16)10-5-9(14)3-4-11(10)15/h3-5,8,16H,2,6-7H2,1H3/t8-,13-/m1/s1. The normalized spacial score (nSPS) is 25.9. The summed E-state index contributed by atoms with van der Waals surface area (Å²) in [4.78, 5) is 11.9. The molecule has 1 saturated carbocycles. The Morgan fingerprint density at radius 2 is 2.28 bits per heavy atom. The first-order valence-electron chi connectivity index (χ1n) is 5.79. The summed E-state index contributed by atoms with van der Waals surface area (Å²) in [7, 11) is 0. The van der Waals surface area contributed by atoms with Crippen LogP contribution in [0.1, 0.15) is 18.9 Å². The number of carbonyl (C=O) groups excluding carboxylic acids is 1. The average Bonchev–Trinajstić information content (AvgIpc) is 3.08. The molecule has 0 radical (unpaired) electrons. The third-order valence-electron chi connectivity index (χ3n) is 3.37. The molecule has 0 unspecified atom stereocenters. The second-order valence-electron chi connectivity index (χ2n) is 4.40. The minimum atomic E-state index is -1.23. The highest BCUT2D eigenvalue weighted by Crippen LogP contribution is 2.55. The number of benzene rings is 1. The molecule has 5 heteroatoms. The maximum absolute atomic E-state index is 13.8. The van der Waals surface area contributed by atoms with Gasteiger partial charge >= 0.3 is 5.97 Å². The van der Waals surface area contributed by atoms with Crippen molar-refractivity contribution in [1.82, 2.24) is 0 Å². The lowest BCUT2D eigenvalue weighted by atomic mass is 9.92. The lowest BCUT2D eigenvalue weighted by Crippen LogP contribution is -2.28. The Balaban J connectivity index is 2.43. The van der Waals surface area contributed by atoms with E-state index in [2.05, 4.69) is 0 Å². The highest BCUT2D eigenvalue weighted by Gasteiger charge is 2.63. The fourth-order valence-corrected chi connectivity index (χ4v) is 2.34. The summed E-state index contributed by atoms with van der Waals surface area (Å²) in [6.07, 6.45) is 0.280. The maximum atomic E-state index is 13.8. The molecule has 0 amide bonds. The van der Waals surface area contributed by atoms with E-state index in [0.29, 0.717) is 0 Å². The van der Waals surface area contributed by atoms with E-state index in [1.54, 1.807) is 6.92 Å². The third kappa shape index (κ3) is 1.88. The van der Waals surface area contributed by atoms with Crippen molar-refractivity contribution in [3.63, 3.8) is 0 Å². The average molecular weight is 256 g/mol. The first-order valence-corrected chi connectivity index (χ1v) is 5.79. The first-order chi connectivity index (χ1) is 8.56. The molecule has 18 heavy (non-hydrogen) atoms. The molecule has 0 aromatic heterocycles. The van der Waals surface area contributed by atoms with Gasteiger partial charge in [0.2, 0.25) is 0 Å². The van der Waals surface area contributed by atoms with Crippen molar-refractivity contribution in [2.45, 2.75) is 18.8 Å². The Hall–Kier alpha value is -1.49. The molecule has 1 aromatic rings. The molecule has 2 rings (SSSR count). The molecule has 0 heterocycles. The van der Waals surface area contributed by atoms with Crippen LogP contribution in [0.5, 0.6) is 0 Å². The van der Waals surface area contributed by atoms with E-state index < -0.39 is 28.9 Å². The Morgan fingerprint density at radius 3 is 2.83 bits per heavy atom. The van der Waals surface area contributed by atoms with Crippen molar-refractivity contribution < 1.29 is 23.4 Å². The highest BCUT2D eigenvalue weighted by atomic mass is 19.1. The summed E-state index contributed by atoms with van der Waals surface area (Å²) in [6, 6.07) is 2.98. The quantitative estimate of drug-likeness (QED) is 0.835. The SMILES string of the molecule is CCOC(=O)[C@]1(c2cc(F)ccc2F)C[C@@H]1CO. The zero-order valence-corrected chi connectivity index (χ0v) is 9.95. The van der Waals surface area contributed by atoms with Crippen LogP contribution in [0.3, 0.4) is 0 Å². The number of aliphatic hydroxyl groups is 1. The zero-order valence-electron chi connectivity index (χ0n) is 9.95. The summed E-state index contributed by atoms with van der Waals surface area (Å²) in [6.45, 7) is 1.55. The Kier molecular flexibility index (Phi) is 3.34. The number of hydrogen-bond donors (Lipinski definition) is 1. The van der Waals surface area contributed by atoms with Gasteiger partial charge in [-0.15, -0.1) is 0 Å². The van der Waals surface area contributed by atoms with Crippen LogP contribution in [0, 0.1) is 17.6 Å². The maximum Gasteiger partial charge on any atom is 0.317 e. The van der Waals surface area contributed by atoms with E-state index >= 15 is 0 Å². The summed E-state index contributed by atoms with van der Waals surface area (Å²) in [5.41, 5.74) is -1.25. The zero-order chi connectivity index (χ0) is 13.3. The van der Waals surface area contributed by atoms with Gasteiger partial charge in [0, 0.05) is 18.1 Å². The molecule has 98 valence electrons. The van der Waals surface area contributed by atoms with E-state index in [1.165, 1.54) is 0 Å². The topological polar surface area (TPSA) is 46.5 Å². The van der Waals surface area contributed by atoms with Gasteiger partial charge in [-0.1, -0.05) is 0 Å². The van der Waals surface area contributed by atoms with Crippen LogP contribution in [0.15, 0.2) is 18.2 Å². The molecular formula is C13H14F2O3. The molecule has 0 bridgehead atoms. The molecule has 2 atom stereocenters. The van der Waals surface area contributed by atoms with Gasteiger partial charge in [0.05, 0.1) is 6.61 Å². The van der Waals surface area contributed by atoms with Crippen molar-refractivity contribution >= 4 is 5.97 Å². The van der Waals surface area contributed by atoms with Gasteiger partial charge in [0.15, 0.2) is 0 Å². The van der Waals surface area contributed by atoms with Crippen molar-refractivity contribution in [2.75, 3.05) is 13.2 Å². The van der Waals surface area contributed by atoms with Crippen molar-refractivity contribution in [2.24, 2.45) is 5.92 Å². The van der Waals surface area contributed by atoms with E-state index in [-0.39, 0.29) is 25.2 Å². The van der Waals surface area contributed by atoms with E-state index in [9.17, 15) is 13.6 Å². The molecular weight excluding hydrogens is 242 g/mol. The molecule has 0 saturated heterocycles. The number of esters is 1. The number of aliphatic hydroxyl groups excluding tert-OH is 1. The van der Waals surface area contributed by atoms with Crippen molar-refractivity contribution in [3.8, 4) is 0 Å². The van der Waals surface area contributed by atoms with E-state index in [1.807, 2.05) is 0 Å². The van der Waals surface area contributed by atoms with Crippen LogP contribution in [0.25, 0.3) is 0 Å². The van der Waals surface area contributed by atoms with Crippen LogP contribution in [-0.4, -0.2) is 24.3 Å². The lowest BCUT2D eigenvalue weighted by Gasteiger charge is -2.16. The number of ether oxygens (including phenoxy) is 1. The fourth-order valence-electron chi connectivity index (χ4n) is 2.34. The molecule has 1 fully saturated rings. The second kappa shape index (κ2) is 4.65. The largest absolute Gasteiger partial charge is 0.465 e. The smallest absolute Gasteiger partial charge is 0.317 e. The van der Waals surface area contributed by atoms with Gasteiger partial charge < -0.3 is 9.84 Å². The van der Waals surface area contributed by atoms with E-state index in [4.69, 9.17) is 9.84 Å². The van der Waals surface area contributed by atoms with Gasteiger partial charge in [-0.3, -0.25) is 4.79 Å². The van der Waals surface area contributed by atoms with Gasteiger partial charge in [-0.05, 0) is 31.5 Å². The van der Waals surface area contributed by atoms with Crippen molar-refractivity contribution in [3.05, 3.63) is 35.4 Å². The van der Waals surface area contributed by atoms with Crippen LogP contribution < -0.4 is 0 Å². The van der Waals surface area contributed by atoms with Crippen LogP contribution in [0.4, 0.5) is 8.78 Å². The van der Waals surface area contributed by atoms with Crippen LogP contribution in [0.2, 0.25) is 0 Å². The predicted octanol–water partition coefficient (Wildman–Crippen LogP) is 1.78. The number of carbonyl (C=O) groups is 1. The minimum Gasteiger partial charge on any atom is -0.465 e. The molecule has 1 aliphatic rings. The van der Waals surface area contributed by atoms with Gasteiger partial charge in [0.25, 0.3) is 0 Å². The number of hydrogen-bond acceptors (Lipinski definition) is 3. The van der Waals surface area contributed by atoms with Crippen LogP contribution >= 0.6 is 0 Å². The molecule has 0 aliphatic heterocycles. The minimum absolute atomic E-state index is 0.0278. The Bertz CT molecular complexity index is 475. The monoisotopic (exact) mass is 256 g/mol. The summed E-state index contributed by atoms with van der Waals surface area (Å²) in [5, 5.41) is 9.16. The van der Waals surface area contributed by atoms with Gasteiger partial charge in [0.1, 0.15) is 17.0 Å². The second-order valence-corrected chi connectivity index (χ2v) is 4.40. The fraction of sp³-hybridized carbons (Fsp3) is 0.462. The molecule has 1 aliphatic carbocycles. The Labute approximate surface area is 103 Å². The van der Waals surface area contributed by atoms with Crippen molar-refractivity contribution in [1.29, 1.82) is 0 Å². The van der Waals surface area contributed by atoms with E-state index in [0.717, 1.165) is 18.2 Å². The molecule has 1 N–H and O–H groups in total. The first kappa shape index (κ1) is 13.0. The highest BCUT2D eigenvalue weighted by molar-refractivity contribution is 5.87. The van der Waals surface area contributed by atoms with Crippen LogP contribution in [-0.2, 0) is 14.9 Å². The lowest BCUT2D eigenvalue weighted by molar-refractivity contribution is -0.147. The molecule has 3 nitrogen and oxygen atoms in total. The summed E-state index contributed by atoms with van der Waals surface area (Å²) < 4.78 is 31.9. The van der Waals surface area contributed by atoms with Gasteiger partial charge in [-0.25, -0.2) is 8.78 Å². The third-order valence-corrected chi connectivity index (χ3v) is 3.37. The molecule has 1 aromatic carbocycles. The number of rotatable bonds is 4. The predicted molar refractivity (Wildman–Crippen MR) is 59.9 cm³/mol. The molecule has 0 spiro atoms. The number of halogens is 2. The van der Waals surface area contributed by atoms with Gasteiger partial charge in [-0.2, -0.15) is 0 Å². The summed E-state index contributed by atoms with van der Waals surface area (Å²) in [5.74, 6) is -2.28. The summed E-state index contributed by atoms with van der Waals surface area (Å²) >= 11 is 0.